The highest BCUT2D eigenvalue weighted by atomic mass is 19.4. The first-order valence-electron chi connectivity index (χ1n) is 13.0. The van der Waals surface area contributed by atoms with Gasteiger partial charge in [-0.3, -0.25) is 4.90 Å². The van der Waals surface area contributed by atoms with E-state index in [2.05, 4.69) is 66.5 Å². The first kappa shape index (κ1) is 34.9. The van der Waals surface area contributed by atoms with Crippen molar-refractivity contribution in [2.24, 2.45) is 0 Å². The van der Waals surface area contributed by atoms with E-state index >= 15 is 0 Å². The Morgan fingerprint density at radius 3 is 1.88 bits per heavy atom. The topological polar surface area (TPSA) is 108 Å². The molecule has 0 amide bonds. The number of imidazole rings is 1. The first-order chi connectivity index (χ1) is 19.3. The van der Waals surface area contributed by atoms with E-state index in [0.717, 1.165) is 38.5 Å². The van der Waals surface area contributed by atoms with Crippen molar-refractivity contribution in [3.8, 4) is 5.75 Å². The van der Waals surface area contributed by atoms with Crippen LogP contribution in [0.4, 0.5) is 26.3 Å². The summed E-state index contributed by atoms with van der Waals surface area (Å²) in [5.74, 6) is -3.42. The quantitative estimate of drug-likeness (QED) is 0.465. The number of aryl methyl sites for hydroxylation is 1. The molecule has 2 aromatic rings. The van der Waals surface area contributed by atoms with Crippen molar-refractivity contribution in [1.29, 1.82) is 0 Å². The third kappa shape index (κ3) is 9.08. The summed E-state index contributed by atoms with van der Waals surface area (Å²) in [4.78, 5) is 28.0. The van der Waals surface area contributed by atoms with Crippen LogP contribution in [-0.4, -0.2) is 87.6 Å². The number of benzene rings is 1. The number of alkyl halides is 6. The van der Waals surface area contributed by atoms with E-state index in [1.165, 1.54) is 35.6 Å². The lowest BCUT2D eigenvalue weighted by Crippen LogP contribution is -2.51. The van der Waals surface area contributed by atoms with Crippen LogP contribution in [0.25, 0.3) is 0 Å². The standard InChI is InChI=1S/C23H34N4O.2C2HF3O2/c1-17(2)27-18(3)24-22-21(27)15-26(14-19-6-8-20(28-5)9-7-19)16-23(22)10-12-25(4)13-11-23;2*3-2(4,5)1(6)7/h6-9,17H,10-16H2,1-5H3;2*(H,6,7). The van der Waals surface area contributed by atoms with Gasteiger partial charge in [0.05, 0.1) is 18.5 Å². The average molecular weight is 611 g/mol. The molecule has 42 heavy (non-hydrogen) atoms. The summed E-state index contributed by atoms with van der Waals surface area (Å²) >= 11 is 0. The molecule has 3 heterocycles. The predicted molar refractivity (Wildman–Crippen MR) is 140 cm³/mol. The Hall–Kier alpha value is -3.33. The molecule has 0 atom stereocenters. The second kappa shape index (κ2) is 13.8. The van der Waals surface area contributed by atoms with Gasteiger partial charge in [0.15, 0.2) is 0 Å². The maximum absolute atomic E-state index is 10.6. The van der Waals surface area contributed by atoms with Crippen LogP contribution >= 0.6 is 0 Å². The summed E-state index contributed by atoms with van der Waals surface area (Å²) in [6.07, 6.45) is -7.77. The Morgan fingerprint density at radius 1 is 1.00 bits per heavy atom. The number of methoxy groups -OCH3 is 1. The number of hydrogen-bond acceptors (Lipinski definition) is 6. The van der Waals surface area contributed by atoms with E-state index in [1.54, 1.807) is 7.11 Å². The summed E-state index contributed by atoms with van der Waals surface area (Å²) in [6, 6.07) is 8.97. The summed E-state index contributed by atoms with van der Waals surface area (Å²) in [5, 5.41) is 14.2. The number of halogens is 6. The molecule has 0 radical (unpaired) electrons. The second-order valence-electron chi connectivity index (χ2n) is 10.6. The van der Waals surface area contributed by atoms with Crippen LogP contribution in [-0.2, 0) is 28.1 Å². The van der Waals surface area contributed by atoms with Gasteiger partial charge in [-0.15, -0.1) is 0 Å². The zero-order chi connectivity index (χ0) is 32.0. The van der Waals surface area contributed by atoms with Crippen LogP contribution in [0.3, 0.4) is 0 Å². The Labute approximate surface area is 239 Å². The fraction of sp³-hybridized carbons (Fsp3) is 0.593. The van der Waals surface area contributed by atoms with Crippen LogP contribution in [0.2, 0.25) is 0 Å². The lowest BCUT2D eigenvalue weighted by Gasteiger charge is -2.46. The van der Waals surface area contributed by atoms with E-state index < -0.39 is 24.3 Å². The van der Waals surface area contributed by atoms with Gasteiger partial charge in [0.1, 0.15) is 11.6 Å². The molecule has 1 spiro atoms. The molecule has 1 aromatic heterocycles. The number of aromatic nitrogens is 2. The van der Waals surface area contributed by atoms with Gasteiger partial charge in [0.2, 0.25) is 0 Å². The van der Waals surface area contributed by atoms with Gasteiger partial charge in [-0.2, -0.15) is 26.3 Å². The van der Waals surface area contributed by atoms with Crippen molar-refractivity contribution in [2.45, 2.75) is 70.5 Å². The van der Waals surface area contributed by atoms with E-state index in [-0.39, 0.29) is 5.41 Å². The minimum Gasteiger partial charge on any atom is -0.497 e. The highest BCUT2D eigenvalue weighted by Crippen LogP contribution is 2.42. The van der Waals surface area contributed by atoms with Crippen LogP contribution in [0.5, 0.6) is 5.75 Å². The van der Waals surface area contributed by atoms with Gasteiger partial charge < -0.3 is 24.4 Å². The number of nitrogens with zero attached hydrogens (tertiary/aromatic N) is 4. The van der Waals surface area contributed by atoms with Crippen molar-refractivity contribution in [3.63, 3.8) is 0 Å². The SMILES string of the molecule is COc1ccc(CN2Cc3c(nc(C)n3C(C)C)C3(CCN(C)CC3)C2)cc1.O=C(O)C(F)(F)F.O=C(O)C(F)(F)F. The van der Waals surface area contributed by atoms with E-state index in [1.807, 2.05) is 0 Å². The number of likely N-dealkylation sites (tertiary alicyclic amines) is 1. The lowest BCUT2D eigenvalue weighted by molar-refractivity contribution is -0.193. The minimum absolute atomic E-state index is 0.192. The van der Waals surface area contributed by atoms with Crippen LogP contribution in [0, 0.1) is 6.92 Å². The Bertz CT molecular complexity index is 1180. The highest BCUT2D eigenvalue weighted by Gasteiger charge is 2.45. The number of carboxylic acid groups (broad SMARTS) is 2. The average Bonchev–Trinajstić information content (AvgIpc) is 3.23. The minimum atomic E-state index is -5.08. The maximum Gasteiger partial charge on any atom is 0.490 e. The number of carboxylic acids is 2. The Morgan fingerprint density at radius 2 is 1.48 bits per heavy atom. The van der Waals surface area contributed by atoms with E-state index in [0.29, 0.717) is 6.04 Å². The van der Waals surface area contributed by atoms with Gasteiger partial charge in [-0.05, 0) is 71.4 Å². The normalized spacial score (nSPS) is 17.0. The molecule has 0 saturated carbocycles. The van der Waals surface area contributed by atoms with Crippen molar-refractivity contribution in [1.82, 2.24) is 19.4 Å². The number of fused-ring (bicyclic) bond motifs is 2. The molecule has 15 heteroatoms. The molecule has 9 nitrogen and oxygen atoms in total. The van der Waals surface area contributed by atoms with Gasteiger partial charge >= 0.3 is 24.3 Å². The summed E-state index contributed by atoms with van der Waals surface area (Å²) < 4.78 is 71.3. The van der Waals surface area contributed by atoms with Gasteiger partial charge in [-0.1, -0.05) is 12.1 Å². The monoisotopic (exact) mass is 610 g/mol. The lowest BCUT2D eigenvalue weighted by atomic mass is 9.72. The van der Waals surface area contributed by atoms with E-state index in [4.69, 9.17) is 29.5 Å². The molecular weight excluding hydrogens is 574 g/mol. The van der Waals surface area contributed by atoms with Crippen molar-refractivity contribution in [2.75, 3.05) is 33.8 Å². The first-order valence-corrected chi connectivity index (χ1v) is 13.0. The molecule has 2 aliphatic rings. The number of hydrogen-bond donors (Lipinski definition) is 2. The third-order valence-electron chi connectivity index (χ3n) is 7.10. The Kier molecular flexibility index (Phi) is 11.4. The highest BCUT2D eigenvalue weighted by molar-refractivity contribution is 5.73. The predicted octanol–water partition coefficient (Wildman–Crippen LogP) is 5.03. The molecule has 1 saturated heterocycles. The zero-order valence-electron chi connectivity index (χ0n) is 24.0. The molecule has 1 aromatic carbocycles. The van der Waals surface area contributed by atoms with Crippen LogP contribution in [0.1, 0.15) is 55.5 Å². The van der Waals surface area contributed by atoms with Crippen LogP contribution < -0.4 is 4.74 Å². The second-order valence-corrected chi connectivity index (χ2v) is 10.6. The molecule has 0 unspecified atom stereocenters. The fourth-order valence-electron chi connectivity index (χ4n) is 5.16. The maximum atomic E-state index is 10.6. The van der Waals surface area contributed by atoms with Crippen molar-refractivity contribution >= 4 is 11.9 Å². The Balaban J connectivity index is 0.000000367. The molecule has 236 valence electrons. The molecule has 4 rings (SSSR count). The van der Waals surface area contributed by atoms with Crippen molar-refractivity contribution < 1.29 is 50.9 Å². The smallest absolute Gasteiger partial charge is 0.490 e. The summed E-state index contributed by atoms with van der Waals surface area (Å²) in [7, 11) is 3.96. The number of carbonyl (C=O) groups is 2. The molecule has 0 aliphatic carbocycles. The molecule has 2 N–H and O–H groups in total. The fourth-order valence-corrected chi connectivity index (χ4v) is 5.16. The van der Waals surface area contributed by atoms with Gasteiger partial charge in [-0.25, -0.2) is 14.6 Å². The van der Waals surface area contributed by atoms with Gasteiger partial charge in [0.25, 0.3) is 0 Å². The summed E-state index contributed by atoms with van der Waals surface area (Å²) in [6.45, 7) is 12.1. The summed E-state index contributed by atoms with van der Waals surface area (Å²) in [5.41, 5.74) is 4.37. The number of piperidine rings is 1. The van der Waals surface area contributed by atoms with Gasteiger partial charge in [0, 0.05) is 31.1 Å². The molecule has 1 fully saturated rings. The molecule has 0 bridgehead atoms. The number of ether oxygens (including phenoxy) is 1. The molecular formula is C27H36F6N4O5. The third-order valence-corrected chi connectivity index (χ3v) is 7.10. The van der Waals surface area contributed by atoms with E-state index in [9.17, 15) is 26.3 Å². The van der Waals surface area contributed by atoms with Crippen LogP contribution in [0.15, 0.2) is 24.3 Å². The molecule has 2 aliphatic heterocycles. The van der Waals surface area contributed by atoms with Crippen molar-refractivity contribution in [3.05, 3.63) is 47.0 Å². The largest absolute Gasteiger partial charge is 0.497 e. The number of rotatable bonds is 4. The zero-order valence-corrected chi connectivity index (χ0v) is 24.0. The number of aliphatic carboxylic acids is 2.